The molecule has 1 aromatic carbocycles. The molecule has 6 rings (SSSR count). The van der Waals surface area contributed by atoms with E-state index in [9.17, 15) is 19.5 Å². The Kier molecular flexibility index (Phi) is 6.64. The Morgan fingerprint density at radius 3 is 2.56 bits per heavy atom. The fraction of sp³-hybridized carbons (Fsp3) is 0.455. The van der Waals surface area contributed by atoms with Gasteiger partial charge in [-0.3, -0.25) is 9.78 Å². The molecule has 0 amide bonds. The van der Waals surface area contributed by atoms with Gasteiger partial charge in [-0.05, 0) is 74.6 Å². The first-order chi connectivity index (χ1) is 19.5. The monoisotopic (exact) mass is 557 g/mol. The zero-order chi connectivity index (χ0) is 29.1. The van der Waals surface area contributed by atoms with Crippen molar-refractivity contribution in [1.29, 1.82) is 0 Å². The molecule has 0 saturated heterocycles. The van der Waals surface area contributed by atoms with Crippen molar-refractivity contribution < 1.29 is 28.6 Å². The van der Waals surface area contributed by atoms with Crippen molar-refractivity contribution in [2.24, 2.45) is 29.1 Å². The molecule has 1 N–H and O–H groups in total. The van der Waals surface area contributed by atoms with E-state index in [-0.39, 0.29) is 40.6 Å². The first-order valence-corrected chi connectivity index (χ1v) is 14.3. The molecule has 2 aliphatic carbocycles. The van der Waals surface area contributed by atoms with Crippen LogP contribution in [0.4, 0.5) is 0 Å². The molecule has 3 aliphatic rings. The highest BCUT2D eigenvalue weighted by atomic mass is 16.6. The molecule has 214 valence electrons. The smallest absolute Gasteiger partial charge is 0.345 e. The molecular formula is C33H35NO7. The van der Waals surface area contributed by atoms with Crippen LogP contribution in [-0.4, -0.2) is 33.5 Å². The number of hydrogen-bond donors (Lipinski definition) is 1. The van der Waals surface area contributed by atoms with Crippen molar-refractivity contribution in [3.63, 3.8) is 0 Å². The lowest BCUT2D eigenvalue weighted by atomic mass is 9.45. The highest BCUT2D eigenvalue weighted by Crippen LogP contribution is 2.65. The standard InChI is InChI=1S/C33H35NO7/c1-18-22(19(2)35)12-13-32(3)23(18)15-26(40-30(37)20-9-6-5-7-10-20)33(4)29(32)28(36)27-25(41-33)16-24(39-31(27)38)21-11-8-14-34-17-21/h5-11,14,16-18,22-23,26,28-29,36H,12-13,15H2,1-4H3. The lowest BCUT2D eigenvalue weighted by molar-refractivity contribution is -0.237. The number of pyridine rings is 1. The van der Waals surface area contributed by atoms with Crippen LogP contribution in [0, 0.1) is 29.1 Å². The third-order valence-corrected chi connectivity index (χ3v) is 10.2. The lowest BCUT2D eigenvalue weighted by Gasteiger charge is -2.64. The Bertz CT molecular complexity index is 1540. The van der Waals surface area contributed by atoms with Crippen LogP contribution in [0.15, 0.2) is 70.1 Å². The fourth-order valence-electron chi connectivity index (χ4n) is 8.19. The Balaban J connectivity index is 1.48. The number of carbonyl (C=O) groups is 2. The Morgan fingerprint density at radius 1 is 1.12 bits per heavy atom. The van der Waals surface area contributed by atoms with Crippen LogP contribution in [-0.2, 0) is 9.53 Å². The molecule has 2 fully saturated rings. The van der Waals surface area contributed by atoms with Crippen molar-refractivity contribution in [2.75, 3.05) is 0 Å². The number of nitrogens with zero attached hydrogens (tertiary/aromatic N) is 1. The van der Waals surface area contributed by atoms with Crippen molar-refractivity contribution in [2.45, 2.75) is 64.8 Å². The van der Waals surface area contributed by atoms with Crippen LogP contribution in [0.5, 0.6) is 5.75 Å². The molecule has 8 nitrogen and oxygen atoms in total. The van der Waals surface area contributed by atoms with Gasteiger partial charge < -0.3 is 19.0 Å². The van der Waals surface area contributed by atoms with Gasteiger partial charge in [-0.1, -0.05) is 32.0 Å². The summed E-state index contributed by atoms with van der Waals surface area (Å²) in [6.45, 7) is 7.69. The number of esters is 1. The van der Waals surface area contributed by atoms with Crippen molar-refractivity contribution in [3.8, 4) is 17.1 Å². The second-order valence-corrected chi connectivity index (χ2v) is 12.3. The van der Waals surface area contributed by atoms with Crippen LogP contribution < -0.4 is 10.4 Å². The number of ketones is 1. The van der Waals surface area contributed by atoms with E-state index in [0.717, 1.165) is 0 Å². The van der Waals surface area contributed by atoms with Gasteiger partial charge in [0.1, 0.15) is 34.6 Å². The first kappa shape index (κ1) is 27.4. The molecule has 1 aliphatic heterocycles. The number of ether oxygens (including phenoxy) is 2. The largest absolute Gasteiger partial charge is 0.482 e. The van der Waals surface area contributed by atoms with Crippen LogP contribution in [0.25, 0.3) is 11.3 Å². The van der Waals surface area contributed by atoms with Crippen LogP contribution in [0.1, 0.15) is 69.0 Å². The van der Waals surface area contributed by atoms with Crippen molar-refractivity contribution in [1.82, 2.24) is 4.98 Å². The molecule has 2 aromatic heterocycles. The van der Waals surface area contributed by atoms with Gasteiger partial charge in [-0.15, -0.1) is 0 Å². The molecule has 2 saturated carbocycles. The van der Waals surface area contributed by atoms with Gasteiger partial charge in [0.05, 0.1) is 11.7 Å². The van der Waals surface area contributed by atoms with Crippen molar-refractivity contribution >= 4 is 11.8 Å². The van der Waals surface area contributed by atoms with E-state index < -0.39 is 40.7 Å². The van der Waals surface area contributed by atoms with Gasteiger partial charge in [0, 0.05) is 35.9 Å². The molecule has 8 heteroatoms. The number of rotatable bonds is 4. The van der Waals surface area contributed by atoms with Crippen molar-refractivity contribution in [3.05, 3.63) is 82.5 Å². The van der Waals surface area contributed by atoms with Gasteiger partial charge in [0.2, 0.25) is 0 Å². The third-order valence-electron chi connectivity index (χ3n) is 10.2. The average molecular weight is 558 g/mol. The Hall–Kier alpha value is -3.78. The summed E-state index contributed by atoms with van der Waals surface area (Å²) in [6, 6.07) is 13.9. The normalized spacial score (nSPS) is 33.9. The maximum Gasteiger partial charge on any atom is 0.345 e. The lowest BCUT2D eigenvalue weighted by Crippen LogP contribution is -2.69. The summed E-state index contributed by atoms with van der Waals surface area (Å²) in [6.07, 6.45) is 3.04. The summed E-state index contributed by atoms with van der Waals surface area (Å²) in [7, 11) is 0. The van der Waals surface area contributed by atoms with Gasteiger partial charge in [-0.25, -0.2) is 9.59 Å². The number of carbonyl (C=O) groups excluding carboxylic acids is 2. The molecule has 3 heterocycles. The average Bonchev–Trinajstić information content (AvgIpc) is 2.94. The molecule has 0 spiro atoms. The molecule has 8 atom stereocenters. The van der Waals surface area contributed by atoms with Gasteiger partial charge in [0.15, 0.2) is 0 Å². The minimum Gasteiger partial charge on any atom is -0.482 e. The first-order valence-electron chi connectivity index (χ1n) is 14.3. The van der Waals surface area contributed by atoms with E-state index in [1.807, 2.05) is 13.0 Å². The zero-order valence-corrected chi connectivity index (χ0v) is 23.7. The maximum atomic E-state index is 13.4. The number of aliphatic hydroxyl groups excluding tert-OH is 1. The number of Topliss-reactive ketones (excluding diaryl/α,β-unsaturated/α-hetero) is 1. The topological polar surface area (TPSA) is 116 Å². The Morgan fingerprint density at radius 2 is 1.88 bits per heavy atom. The highest BCUT2D eigenvalue weighted by molar-refractivity contribution is 5.89. The quantitative estimate of drug-likeness (QED) is 0.425. The summed E-state index contributed by atoms with van der Waals surface area (Å²) >= 11 is 0. The molecule has 3 aromatic rings. The maximum absolute atomic E-state index is 13.4. The molecule has 0 radical (unpaired) electrons. The summed E-state index contributed by atoms with van der Waals surface area (Å²) < 4.78 is 18.6. The van der Waals surface area contributed by atoms with Gasteiger partial charge in [-0.2, -0.15) is 0 Å². The van der Waals surface area contributed by atoms with E-state index in [1.54, 1.807) is 61.8 Å². The van der Waals surface area contributed by atoms with Gasteiger partial charge >= 0.3 is 11.6 Å². The van der Waals surface area contributed by atoms with Crippen LogP contribution in [0.2, 0.25) is 0 Å². The number of hydrogen-bond acceptors (Lipinski definition) is 8. The molecular weight excluding hydrogens is 522 g/mol. The minimum absolute atomic E-state index is 0.00769. The van der Waals surface area contributed by atoms with E-state index in [1.165, 1.54) is 0 Å². The van der Waals surface area contributed by atoms with E-state index >= 15 is 0 Å². The van der Waals surface area contributed by atoms with Gasteiger partial charge in [0.25, 0.3) is 0 Å². The molecule has 0 bridgehead atoms. The summed E-state index contributed by atoms with van der Waals surface area (Å²) in [5.41, 5.74) is -1.26. The molecule has 8 unspecified atom stereocenters. The van der Waals surface area contributed by atoms with E-state index in [2.05, 4.69) is 18.8 Å². The Labute approximate surface area is 238 Å². The van der Waals surface area contributed by atoms with Crippen LogP contribution >= 0.6 is 0 Å². The van der Waals surface area contributed by atoms with Crippen LogP contribution in [0.3, 0.4) is 0 Å². The summed E-state index contributed by atoms with van der Waals surface area (Å²) in [4.78, 5) is 43.5. The zero-order valence-electron chi connectivity index (χ0n) is 23.7. The predicted molar refractivity (Wildman–Crippen MR) is 150 cm³/mol. The number of aromatic nitrogens is 1. The number of fused-ring (bicyclic) bond motifs is 4. The SMILES string of the molecule is CC(=O)C1CCC2(C)C(CC(OC(=O)c3ccccc3)C3(C)Oc4cc(-c5cccnc5)oc(=O)c4C(O)C23)C1C. The number of aliphatic hydroxyl groups is 1. The van der Waals surface area contributed by atoms with E-state index in [0.29, 0.717) is 30.4 Å². The second kappa shape index (κ2) is 9.94. The molecule has 41 heavy (non-hydrogen) atoms. The number of benzene rings is 1. The van der Waals surface area contributed by atoms with E-state index in [4.69, 9.17) is 13.9 Å². The predicted octanol–water partition coefficient (Wildman–Crippen LogP) is 5.39. The third kappa shape index (κ3) is 4.31. The fourth-order valence-corrected chi connectivity index (χ4v) is 8.19. The second-order valence-electron chi connectivity index (χ2n) is 12.3. The summed E-state index contributed by atoms with van der Waals surface area (Å²) in [5.74, 6) is -0.659. The summed E-state index contributed by atoms with van der Waals surface area (Å²) in [5, 5.41) is 12.0. The minimum atomic E-state index is -1.23. The highest BCUT2D eigenvalue weighted by Gasteiger charge is 2.67.